The highest BCUT2D eigenvalue weighted by Crippen LogP contribution is 2.36. The van der Waals surface area contributed by atoms with Crippen molar-refractivity contribution in [2.75, 3.05) is 11.9 Å². The van der Waals surface area contributed by atoms with Gasteiger partial charge in [-0.15, -0.1) is 11.3 Å². The Morgan fingerprint density at radius 2 is 1.84 bits per heavy atom. The third-order valence-corrected chi connectivity index (χ3v) is 5.09. The molecule has 0 aliphatic rings. The summed E-state index contributed by atoms with van der Waals surface area (Å²) in [5, 5.41) is 15.4. The minimum atomic E-state index is -0.599. The molecule has 2 aromatic carbocycles. The van der Waals surface area contributed by atoms with Crippen molar-refractivity contribution in [1.29, 1.82) is 0 Å². The number of anilines is 1. The Labute approximate surface area is 180 Å². The van der Waals surface area contributed by atoms with Gasteiger partial charge in [0.2, 0.25) is 5.91 Å². The number of nitrogens with zero attached hydrogens (tertiary/aromatic N) is 1. The Morgan fingerprint density at radius 3 is 2.45 bits per heavy atom. The van der Waals surface area contributed by atoms with E-state index in [0.29, 0.717) is 21.7 Å². The van der Waals surface area contributed by atoms with E-state index >= 15 is 0 Å². The summed E-state index contributed by atoms with van der Waals surface area (Å²) < 4.78 is 18.4. The van der Waals surface area contributed by atoms with Gasteiger partial charge in [-0.2, -0.15) is 0 Å². The maximum absolute atomic E-state index is 13.3. The first-order valence-electron chi connectivity index (χ1n) is 9.17. The number of hydrogen-bond acceptors (Lipinski definition) is 6. The topological polar surface area (TPSA) is 98.5 Å². The Morgan fingerprint density at radius 1 is 1.16 bits per heavy atom. The molecule has 0 spiro atoms. The van der Waals surface area contributed by atoms with E-state index in [1.807, 2.05) is 0 Å². The molecule has 0 saturated heterocycles. The number of hydrogen-bond donors (Lipinski definition) is 1. The van der Waals surface area contributed by atoms with Crippen LogP contribution < -0.4 is 5.32 Å². The van der Waals surface area contributed by atoms with E-state index in [9.17, 15) is 24.1 Å². The molecule has 31 heavy (non-hydrogen) atoms. The molecule has 3 aromatic rings. The Kier molecular flexibility index (Phi) is 6.88. The standard InChI is InChI=1S/C22H17FN2O5S/c1-2-30-22(27)20-18(15-6-8-16(23)9-7-15)13-31-21(20)24-19(26)12-5-14-3-10-17(11-4-14)25(28)29/h3-13H,2H2,1H3,(H,24,26)/b12-5+. The third kappa shape index (κ3) is 5.40. The number of carbonyl (C=O) groups is 2. The zero-order valence-corrected chi connectivity index (χ0v) is 17.1. The van der Waals surface area contributed by atoms with Crippen LogP contribution in [0.2, 0.25) is 0 Å². The summed E-state index contributed by atoms with van der Waals surface area (Å²) in [4.78, 5) is 35.1. The molecule has 1 amide bonds. The van der Waals surface area contributed by atoms with Crippen molar-refractivity contribution in [3.63, 3.8) is 0 Å². The van der Waals surface area contributed by atoms with Crippen LogP contribution in [0.15, 0.2) is 60.0 Å². The van der Waals surface area contributed by atoms with Gasteiger partial charge in [-0.3, -0.25) is 14.9 Å². The van der Waals surface area contributed by atoms with Gasteiger partial charge in [0, 0.05) is 29.2 Å². The number of ether oxygens (including phenoxy) is 1. The van der Waals surface area contributed by atoms with E-state index in [0.717, 1.165) is 11.3 Å². The monoisotopic (exact) mass is 440 g/mol. The molecule has 9 heteroatoms. The van der Waals surface area contributed by atoms with Crippen LogP contribution in [0.3, 0.4) is 0 Å². The summed E-state index contributed by atoms with van der Waals surface area (Å²) in [5.41, 5.74) is 1.88. The first-order valence-corrected chi connectivity index (χ1v) is 10.0. The number of thiophene rings is 1. The number of nitrogens with one attached hydrogen (secondary N) is 1. The second kappa shape index (κ2) is 9.77. The summed E-state index contributed by atoms with van der Waals surface area (Å²) in [6.07, 6.45) is 2.75. The number of benzene rings is 2. The van der Waals surface area contributed by atoms with Crippen LogP contribution in [0.5, 0.6) is 0 Å². The molecule has 0 saturated carbocycles. The molecule has 1 N–H and O–H groups in total. The van der Waals surface area contributed by atoms with Crippen molar-refractivity contribution >= 4 is 40.0 Å². The number of non-ortho nitro benzene ring substituents is 1. The van der Waals surface area contributed by atoms with Crippen molar-refractivity contribution in [3.05, 3.63) is 87.0 Å². The molecule has 7 nitrogen and oxygen atoms in total. The average molecular weight is 440 g/mol. The van der Waals surface area contributed by atoms with E-state index in [-0.39, 0.29) is 17.9 Å². The summed E-state index contributed by atoms with van der Waals surface area (Å²) in [6, 6.07) is 11.4. The maximum Gasteiger partial charge on any atom is 0.341 e. The highest BCUT2D eigenvalue weighted by molar-refractivity contribution is 7.15. The van der Waals surface area contributed by atoms with Crippen LogP contribution in [0, 0.1) is 15.9 Å². The van der Waals surface area contributed by atoms with Crippen LogP contribution >= 0.6 is 11.3 Å². The van der Waals surface area contributed by atoms with Gasteiger partial charge < -0.3 is 10.1 Å². The zero-order chi connectivity index (χ0) is 22.4. The van der Waals surface area contributed by atoms with Crippen molar-refractivity contribution in [2.45, 2.75) is 6.92 Å². The van der Waals surface area contributed by atoms with Gasteiger partial charge in [-0.05, 0) is 48.4 Å². The van der Waals surface area contributed by atoms with E-state index in [1.165, 1.54) is 48.6 Å². The highest BCUT2D eigenvalue weighted by atomic mass is 32.1. The van der Waals surface area contributed by atoms with Gasteiger partial charge in [0.1, 0.15) is 16.4 Å². The van der Waals surface area contributed by atoms with Crippen molar-refractivity contribution in [2.24, 2.45) is 0 Å². The third-order valence-electron chi connectivity index (χ3n) is 4.19. The lowest BCUT2D eigenvalue weighted by atomic mass is 10.0. The Balaban J connectivity index is 1.82. The second-order valence-corrected chi connectivity index (χ2v) is 7.13. The van der Waals surface area contributed by atoms with E-state index in [1.54, 1.807) is 24.4 Å². The summed E-state index contributed by atoms with van der Waals surface area (Å²) in [5.74, 6) is -1.49. The number of rotatable bonds is 7. The van der Waals surface area contributed by atoms with Crippen molar-refractivity contribution < 1.29 is 23.6 Å². The van der Waals surface area contributed by atoms with Gasteiger partial charge >= 0.3 is 5.97 Å². The minimum absolute atomic E-state index is 0.0485. The number of nitro benzene ring substituents is 1. The molecule has 0 unspecified atom stereocenters. The van der Waals surface area contributed by atoms with Gasteiger partial charge in [0.15, 0.2) is 0 Å². The van der Waals surface area contributed by atoms with Gasteiger partial charge in [-0.25, -0.2) is 9.18 Å². The zero-order valence-electron chi connectivity index (χ0n) is 16.3. The minimum Gasteiger partial charge on any atom is -0.462 e. The lowest BCUT2D eigenvalue weighted by Crippen LogP contribution is -2.12. The van der Waals surface area contributed by atoms with Crippen LogP contribution in [-0.4, -0.2) is 23.4 Å². The first kappa shape index (κ1) is 21.8. The average Bonchev–Trinajstić information content (AvgIpc) is 3.16. The van der Waals surface area contributed by atoms with Crippen LogP contribution in [0.4, 0.5) is 15.1 Å². The number of nitro groups is 1. The van der Waals surface area contributed by atoms with E-state index < -0.39 is 22.6 Å². The largest absolute Gasteiger partial charge is 0.462 e. The van der Waals surface area contributed by atoms with Crippen LogP contribution in [0.25, 0.3) is 17.2 Å². The summed E-state index contributed by atoms with van der Waals surface area (Å²) in [7, 11) is 0. The maximum atomic E-state index is 13.3. The Bertz CT molecular complexity index is 1140. The summed E-state index contributed by atoms with van der Waals surface area (Å²) >= 11 is 1.15. The first-order chi connectivity index (χ1) is 14.9. The van der Waals surface area contributed by atoms with Gasteiger partial charge in [-0.1, -0.05) is 12.1 Å². The number of amides is 1. The fourth-order valence-electron chi connectivity index (χ4n) is 2.73. The lowest BCUT2D eigenvalue weighted by molar-refractivity contribution is -0.384. The number of esters is 1. The van der Waals surface area contributed by atoms with Crippen LogP contribution in [-0.2, 0) is 9.53 Å². The normalized spacial score (nSPS) is 10.8. The SMILES string of the molecule is CCOC(=O)c1c(-c2ccc(F)cc2)csc1NC(=O)/C=C/c1ccc([N+](=O)[O-])cc1. The van der Waals surface area contributed by atoms with Crippen molar-refractivity contribution in [1.82, 2.24) is 0 Å². The molecule has 0 radical (unpaired) electrons. The molecule has 3 rings (SSSR count). The molecule has 0 aliphatic heterocycles. The van der Waals surface area contributed by atoms with Gasteiger partial charge in [0.05, 0.1) is 11.5 Å². The fraction of sp³-hybridized carbons (Fsp3) is 0.0909. The van der Waals surface area contributed by atoms with E-state index in [2.05, 4.69) is 5.32 Å². The second-order valence-electron chi connectivity index (χ2n) is 6.25. The molecule has 0 fully saturated rings. The van der Waals surface area contributed by atoms with Gasteiger partial charge in [0.25, 0.3) is 5.69 Å². The molecule has 0 aliphatic carbocycles. The predicted octanol–water partition coefficient (Wildman–Crippen LogP) is 5.29. The highest BCUT2D eigenvalue weighted by Gasteiger charge is 2.22. The number of halogens is 1. The molecular formula is C22H17FN2O5S. The molecule has 0 bridgehead atoms. The quantitative estimate of drug-likeness (QED) is 0.233. The molecule has 1 heterocycles. The summed E-state index contributed by atoms with van der Waals surface area (Å²) in [6.45, 7) is 1.83. The smallest absolute Gasteiger partial charge is 0.341 e. The predicted molar refractivity (Wildman–Crippen MR) is 116 cm³/mol. The fourth-order valence-corrected chi connectivity index (χ4v) is 3.69. The molecule has 0 atom stereocenters. The molecule has 158 valence electrons. The van der Waals surface area contributed by atoms with E-state index in [4.69, 9.17) is 4.74 Å². The van der Waals surface area contributed by atoms with Crippen LogP contribution in [0.1, 0.15) is 22.8 Å². The Hall–Kier alpha value is -3.85. The van der Waals surface area contributed by atoms with Crippen molar-refractivity contribution in [3.8, 4) is 11.1 Å². The molecule has 1 aromatic heterocycles. The lowest BCUT2D eigenvalue weighted by Gasteiger charge is -2.08. The number of carbonyl (C=O) groups excluding carboxylic acids is 2. The molecular weight excluding hydrogens is 423 g/mol.